The Morgan fingerprint density at radius 1 is 1.37 bits per heavy atom. The van der Waals surface area contributed by atoms with Crippen molar-refractivity contribution in [3.05, 3.63) is 38.2 Å². The summed E-state index contributed by atoms with van der Waals surface area (Å²) in [6, 6.07) is 1.80. The zero-order chi connectivity index (χ0) is 19.7. The molecule has 2 heterocycles. The minimum Gasteiger partial charge on any atom is -0.349 e. The molecule has 1 saturated carbocycles. The monoisotopic (exact) mass is 372 g/mol. The molecule has 2 N–H and O–H groups in total. The van der Waals surface area contributed by atoms with Gasteiger partial charge in [-0.3, -0.25) is 19.1 Å². The van der Waals surface area contributed by atoms with Gasteiger partial charge < -0.3 is 5.32 Å². The van der Waals surface area contributed by atoms with Crippen LogP contribution in [0.4, 0.5) is 0 Å². The molecule has 2 aromatic rings. The Kier molecular flexibility index (Phi) is 5.48. The SMILES string of the molecule is CCn1c(=O)[nH]c(=O)c2c(C(=O)NC3CCCC(C)C3)cc(C(C)C)nc21. The highest BCUT2D eigenvalue weighted by Gasteiger charge is 2.24. The van der Waals surface area contributed by atoms with Crippen molar-refractivity contribution in [2.24, 2.45) is 5.92 Å². The fourth-order valence-corrected chi connectivity index (χ4v) is 3.89. The van der Waals surface area contributed by atoms with Crippen molar-refractivity contribution in [2.75, 3.05) is 0 Å². The molecule has 7 nitrogen and oxygen atoms in total. The number of aromatic nitrogens is 3. The first kappa shape index (κ1) is 19.3. The maximum atomic E-state index is 13.1. The van der Waals surface area contributed by atoms with Crippen LogP contribution in [0.15, 0.2) is 15.7 Å². The van der Waals surface area contributed by atoms with Gasteiger partial charge in [0.2, 0.25) is 0 Å². The molecule has 2 atom stereocenters. The zero-order valence-corrected chi connectivity index (χ0v) is 16.5. The molecule has 0 aromatic carbocycles. The van der Waals surface area contributed by atoms with Crippen LogP contribution in [0.25, 0.3) is 11.0 Å². The predicted octanol–water partition coefficient (Wildman–Crippen LogP) is 2.54. The zero-order valence-electron chi connectivity index (χ0n) is 16.5. The van der Waals surface area contributed by atoms with E-state index in [-0.39, 0.29) is 28.9 Å². The van der Waals surface area contributed by atoms with Gasteiger partial charge in [0.25, 0.3) is 11.5 Å². The van der Waals surface area contributed by atoms with Gasteiger partial charge in [0, 0.05) is 18.3 Å². The lowest BCUT2D eigenvalue weighted by molar-refractivity contribution is 0.0922. The Morgan fingerprint density at radius 2 is 2.11 bits per heavy atom. The standard InChI is InChI=1S/C20H28N4O3/c1-5-24-17-16(19(26)23-20(24)27)14(10-15(22-17)11(2)3)18(25)21-13-8-6-7-12(4)9-13/h10-13H,5-9H2,1-4H3,(H,21,25)(H,23,26,27). The molecular formula is C20H28N4O3. The first-order valence-electron chi connectivity index (χ1n) is 9.80. The van der Waals surface area contributed by atoms with Crippen molar-refractivity contribution in [3.63, 3.8) is 0 Å². The van der Waals surface area contributed by atoms with E-state index in [1.54, 1.807) is 6.07 Å². The molecule has 1 amide bonds. The van der Waals surface area contributed by atoms with Crippen LogP contribution in [0.1, 0.15) is 75.3 Å². The summed E-state index contributed by atoms with van der Waals surface area (Å²) in [5.74, 6) is 0.378. The number of H-pyrrole nitrogens is 1. The molecule has 0 bridgehead atoms. The highest BCUT2D eigenvalue weighted by molar-refractivity contribution is 6.05. The first-order chi connectivity index (χ1) is 12.8. The molecular weight excluding hydrogens is 344 g/mol. The van der Waals surface area contributed by atoms with Crippen molar-refractivity contribution >= 4 is 16.9 Å². The number of nitrogens with zero attached hydrogens (tertiary/aromatic N) is 2. The highest BCUT2D eigenvalue weighted by atomic mass is 16.2. The van der Waals surface area contributed by atoms with Crippen molar-refractivity contribution < 1.29 is 4.79 Å². The highest BCUT2D eigenvalue weighted by Crippen LogP contribution is 2.25. The van der Waals surface area contributed by atoms with Crippen molar-refractivity contribution in [3.8, 4) is 0 Å². The number of hydrogen-bond acceptors (Lipinski definition) is 4. The van der Waals surface area contributed by atoms with Gasteiger partial charge in [-0.05, 0) is 37.7 Å². The van der Waals surface area contributed by atoms with E-state index in [1.165, 1.54) is 11.0 Å². The first-order valence-corrected chi connectivity index (χ1v) is 9.80. The van der Waals surface area contributed by atoms with Gasteiger partial charge >= 0.3 is 5.69 Å². The van der Waals surface area contributed by atoms with Crippen LogP contribution in [0, 0.1) is 5.92 Å². The number of fused-ring (bicyclic) bond motifs is 1. The summed E-state index contributed by atoms with van der Waals surface area (Å²) in [5, 5.41) is 3.28. The molecule has 2 unspecified atom stereocenters. The number of pyridine rings is 1. The van der Waals surface area contributed by atoms with Crippen LogP contribution in [0.5, 0.6) is 0 Å². The molecule has 7 heteroatoms. The Balaban J connectivity index is 2.14. The van der Waals surface area contributed by atoms with Crippen molar-refractivity contribution in [2.45, 2.75) is 71.9 Å². The number of aryl methyl sites for hydroxylation is 1. The summed E-state index contributed by atoms with van der Waals surface area (Å²) < 4.78 is 1.40. The second kappa shape index (κ2) is 7.66. The van der Waals surface area contributed by atoms with Crippen LogP contribution in [-0.2, 0) is 6.54 Å². The molecule has 1 aliphatic rings. The van der Waals surface area contributed by atoms with E-state index < -0.39 is 11.2 Å². The summed E-state index contributed by atoms with van der Waals surface area (Å²) >= 11 is 0. The molecule has 0 radical (unpaired) electrons. The third-order valence-electron chi connectivity index (χ3n) is 5.39. The minimum atomic E-state index is -0.565. The second-order valence-corrected chi connectivity index (χ2v) is 7.89. The van der Waals surface area contributed by atoms with Crippen LogP contribution in [-0.4, -0.2) is 26.5 Å². The maximum absolute atomic E-state index is 13.1. The molecule has 0 aliphatic heterocycles. The average Bonchev–Trinajstić information content (AvgIpc) is 2.60. The second-order valence-electron chi connectivity index (χ2n) is 7.89. The molecule has 3 rings (SSSR count). The van der Waals surface area contributed by atoms with Crippen LogP contribution < -0.4 is 16.6 Å². The average molecular weight is 372 g/mol. The van der Waals surface area contributed by atoms with Gasteiger partial charge in [0.1, 0.15) is 0 Å². The van der Waals surface area contributed by atoms with Gasteiger partial charge in [-0.25, -0.2) is 9.78 Å². The molecule has 146 valence electrons. The van der Waals surface area contributed by atoms with Gasteiger partial charge in [0.15, 0.2) is 5.65 Å². The quantitative estimate of drug-likeness (QED) is 0.862. The van der Waals surface area contributed by atoms with Crippen molar-refractivity contribution in [1.82, 2.24) is 19.9 Å². The number of amides is 1. The lowest BCUT2D eigenvalue weighted by Crippen LogP contribution is -2.39. The van der Waals surface area contributed by atoms with E-state index in [9.17, 15) is 14.4 Å². The van der Waals surface area contributed by atoms with E-state index in [0.29, 0.717) is 23.7 Å². The van der Waals surface area contributed by atoms with E-state index in [2.05, 4.69) is 22.2 Å². The third kappa shape index (κ3) is 3.82. The molecule has 0 saturated heterocycles. The third-order valence-corrected chi connectivity index (χ3v) is 5.39. The molecule has 2 aromatic heterocycles. The van der Waals surface area contributed by atoms with Crippen LogP contribution in [0.2, 0.25) is 0 Å². The number of carbonyl (C=O) groups is 1. The fraction of sp³-hybridized carbons (Fsp3) is 0.600. The lowest BCUT2D eigenvalue weighted by atomic mass is 9.87. The number of aromatic amines is 1. The van der Waals surface area contributed by atoms with E-state index >= 15 is 0 Å². The van der Waals surface area contributed by atoms with Crippen LogP contribution in [0.3, 0.4) is 0 Å². The van der Waals surface area contributed by atoms with E-state index in [0.717, 1.165) is 19.3 Å². The summed E-state index contributed by atoms with van der Waals surface area (Å²) in [5.41, 5.74) is 0.197. The summed E-state index contributed by atoms with van der Waals surface area (Å²) in [4.78, 5) is 44.6. The Morgan fingerprint density at radius 3 is 2.74 bits per heavy atom. The Hall–Kier alpha value is -2.44. The van der Waals surface area contributed by atoms with Crippen LogP contribution >= 0.6 is 0 Å². The maximum Gasteiger partial charge on any atom is 0.329 e. The number of rotatable bonds is 4. The number of hydrogen-bond donors (Lipinski definition) is 2. The summed E-state index contributed by atoms with van der Waals surface area (Å²) in [7, 11) is 0. The van der Waals surface area contributed by atoms with E-state index in [4.69, 9.17) is 0 Å². The molecule has 27 heavy (non-hydrogen) atoms. The molecule has 1 fully saturated rings. The number of carbonyl (C=O) groups excluding carboxylic acids is 1. The summed E-state index contributed by atoms with van der Waals surface area (Å²) in [6.07, 6.45) is 4.18. The largest absolute Gasteiger partial charge is 0.349 e. The fourth-order valence-electron chi connectivity index (χ4n) is 3.89. The Labute approximate surface area is 158 Å². The smallest absolute Gasteiger partial charge is 0.329 e. The summed E-state index contributed by atoms with van der Waals surface area (Å²) in [6.45, 7) is 8.32. The van der Waals surface area contributed by atoms with Gasteiger partial charge in [-0.1, -0.05) is 33.6 Å². The molecule has 1 aliphatic carbocycles. The minimum absolute atomic E-state index is 0.0651. The van der Waals surface area contributed by atoms with Crippen molar-refractivity contribution in [1.29, 1.82) is 0 Å². The lowest BCUT2D eigenvalue weighted by Gasteiger charge is -2.27. The Bertz CT molecular complexity index is 974. The van der Waals surface area contributed by atoms with Gasteiger partial charge in [0.05, 0.1) is 10.9 Å². The van der Waals surface area contributed by atoms with Gasteiger partial charge in [-0.2, -0.15) is 0 Å². The normalized spacial score (nSPS) is 20.2. The topological polar surface area (TPSA) is 96.9 Å². The number of nitrogens with one attached hydrogen (secondary N) is 2. The van der Waals surface area contributed by atoms with E-state index in [1.807, 2.05) is 20.8 Å². The predicted molar refractivity (Wildman–Crippen MR) is 105 cm³/mol. The molecule has 0 spiro atoms. The van der Waals surface area contributed by atoms with Gasteiger partial charge in [-0.15, -0.1) is 0 Å².